The van der Waals surface area contributed by atoms with Crippen LogP contribution in [0.15, 0.2) is 0 Å². The molecule has 72 heavy (non-hydrogen) atoms. The Morgan fingerprint density at radius 3 is 0.764 bits per heavy atom. The van der Waals surface area contributed by atoms with E-state index in [2.05, 4.69) is 41.5 Å². The quantitative estimate of drug-likeness (QED) is 0.0297. The van der Waals surface area contributed by atoms with Crippen LogP contribution >= 0.6 is 0 Å². The Labute approximate surface area is 438 Å². The Morgan fingerprint density at radius 2 is 0.500 bits per heavy atom. The van der Waals surface area contributed by atoms with E-state index in [1.165, 1.54) is 0 Å². The van der Waals surface area contributed by atoms with Crippen LogP contribution in [0.3, 0.4) is 0 Å². The highest BCUT2D eigenvalue weighted by atomic mass is 16.7. The van der Waals surface area contributed by atoms with Crippen LogP contribution in [0.25, 0.3) is 0 Å². The van der Waals surface area contributed by atoms with E-state index in [-0.39, 0.29) is 38.5 Å². The lowest BCUT2D eigenvalue weighted by molar-refractivity contribution is -0.324. The Balaban J connectivity index is 4.51. The summed E-state index contributed by atoms with van der Waals surface area (Å²) in [4.78, 5) is 91.8. The summed E-state index contributed by atoms with van der Waals surface area (Å²) in [6.45, 7) is 12.6. The third-order valence-corrected chi connectivity index (χ3v) is 15.0. The van der Waals surface area contributed by atoms with Gasteiger partial charge in [0.25, 0.3) is 5.60 Å². The number of aliphatic hydroxyl groups excluding tert-OH is 3. The molecule has 1 fully saturated rings. The van der Waals surface area contributed by atoms with Gasteiger partial charge in [0.05, 0.1) is 0 Å². The first-order valence-corrected chi connectivity index (χ1v) is 30.1. The minimum atomic E-state index is -3.41. The summed E-state index contributed by atoms with van der Waals surface area (Å²) in [6.07, 6.45) is 17.8. The Kier molecular flexibility index (Phi) is 37.9. The molecule has 0 heterocycles. The average molecular weight is 1020 g/mol. The second-order valence-corrected chi connectivity index (χ2v) is 21.3. The number of ether oxygens (including phenoxy) is 3. The predicted molar refractivity (Wildman–Crippen MR) is 287 cm³/mol. The van der Waals surface area contributed by atoms with Crippen molar-refractivity contribution < 1.29 is 58.3 Å². The van der Waals surface area contributed by atoms with E-state index in [9.17, 15) is 29.7 Å². The number of hydrogen-bond donors (Lipinski definition) is 3. The average Bonchev–Trinajstić information content (AvgIpc) is 3.36. The van der Waals surface area contributed by atoms with Gasteiger partial charge in [0.2, 0.25) is 11.2 Å². The van der Waals surface area contributed by atoms with Gasteiger partial charge in [-0.2, -0.15) is 0 Å². The number of unbranched alkanes of at least 4 members (excludes halogenated alkanes) is 30. The molecule has 0 saturated heterocycles. The zero-order valence-corrected chi connectivity index (χ0v) is 46.9. The molecule has 1 saturated carbocycles. The van der Waals surface area contributed by atoms with E-state index in [1.54, 1.807) is 0 Å². The van der Waals surface area contributed by atoms with Crippen LogP contribution in [0.1, 0.15) is 311 Å². The Bertz CT molecular complexity index is 1400. The second-order valence-electron chi connectivity index (χ2n) is 21.3. The van der Waals surface area contributed by atoms with Crippen LogP contribution in [-0.4, -0.2) is 85.7 Å². The molecule has 3 N–H and O–H groups in total. The van der Waals surface area contributed by atoms with Gasteiger partial charge in [0.1, 0.15) is 18.3 Å². The van der Waals surface area contributed by atoms with Crippen LogP contribution in [0, 0.1) is 0 Å². The maximum atomic E-state index is 16.1. The van der Waals surface area contributed by atoms with Crippen molar-refractivity contribution in [1.29, 1.82) is 0 Å². The topological polar surface area (TPSA) is 191 Å². The highest BCUT2D eigenvalue weighted by molar-refractivity contribution is 6.10. The molecular weight excluding hydrogens is 913 g/mol. The standard InChI is InChI=1S/C60H108O12/c1-7-13-19-25-31-37-43-49(61)58(70-52(64)46-40-34-28-22-16-10-4)56(68)55(67)57(69)59(50(62)44-38-32-26-20-14-8-2,71-53(65)47-41-35-29-23-17-11-5)60(58,51(63)45-39-33-27-21-15-9-3)72-54(66)48-42-36-30-24-18-12-6/h55-57,67-69H,7-48H2,1-6H3/t55-,56-,57+,58+,59-,60-. The minimum absolute atomic E-state index is 0.189. The van der Waals surface area contributed by atoms with Crippen molar-refractivity contribution in [3.63, 3.8) is 0 Å². The third kappa shape index (κ3) is 21.9. The number of ketones is 3. The molecule has 0 aliphatic heterocycles. The number of hydrogen-bond acceptors (Lipinski definition) is 12. The van der Waals surface area contributed by atoms with Gasteiger partial charge >= 0.3 is 17.9 Å². The fourth-order valence-corrected chi connectivity index (χ4v) is 10.6. The summed E-state index contributed by atoms with van der Waals surface area (Å²) in [5.74, 6) is -6.22. The largest absolute Gasteiger partial charge is 0.443 e. The van der Waals surface area contributed by atoms with Crippen molar-refractivity contribution in [1.82, 2.24) is 0 Å². The van der Waals surface area contributed by atoms with Gasteiger partial charge in [-0.15, -0.1) is 0 Å². The molecule has 420 valence electrons. The number of aliphatic hydroxyl groups is 3. The molecule has 0 aromatic carbocycles. The number of rotatable bonds is 48. The van der Waals surface area contributed by atoms with Crippen LogP contribution in [-0.2, 0) is 43.0 Å². The first-order valence-electron chi connectivity index (χ1n) is 30.1. The molecule has 12 heteroatoms. The molecule has 12 nitrogen and oxygen atoms in total. The molecule has 0 spiro atoms. The van der Waals surface area contributed by atoms with Gasteiger partial charge in [-0.1, -0.05) is 234 Å². The van der Waals surface area contributed by atoms with Crippen molar-refractivity contribution in [2.75, 3.05) is 0 Å². The van der Waals surface area contributed by atoms with Crippen molar-refractivity contribution in [2.24, 2.45) is 0 Å². The van der Waals surface area contributed by atoms with Gasteiger partial charge in [-0.05, 0) is 38.5 Å². The second kappa shape index (κ2) is 40.6. The molecule has 1 rings (SSSR count). The molecular formula is C60H108O12. The van der Waals surface area contributed by atoms with E-state index >= 15 is 14.4 Å². The molecule has 0 aromatic rings. The first-order chi connectivity index (χ1) is 34.8. The van der Waals surface area contributed by atoms with Crippen molar-refractivity contribution in [2.45, 2.75) is 346 Å². The monoisotopic (exact) mass is 1020 g/mol. The van der Waals surface area contributed by atoms with Crippen LogP contribution in [0.2, 0.25) is 0 Å². The minimum Gasteiger partial charge on any atom is -0.443 e. The predicted octanol–water partition coefficient (Wildman–Crippen LogP) is 14.1. The molecule has 1 aliphatic rings. The lowest BCUT2D eigenvalue weighted by atomic mass is 9.53. The fraction of sp³-hybridized carbons (Fsp3) is 0.900. The highest BCUT2D eigenvalue weighted by Gasteiger charge is 2.87. The normalized spacial score (nSPS) is 21.9. The Hall–Kier alpha value is -2.70. The van der Waals surface area contributed by atoms with E-state index in [1.807, 2.05) is 0 Å². The van der Waals surface area contributed by atoms with Gasteiger partial charge in [0.15, 0.2) is 17.3 Å². The van der Waals surface area contributed by atoms with Gasteiger partial charge in [0, 0.05) is 38.5 Å². The third-order valence-electron chi connectivity index (χ3n) is 15.0. The Morgan fingerprint density at radius 1 is 0.292 bits per heavy atom. The molecule has 0 radical (unpaired) electrons. The fourth-order valence-electron chi connectivity index (χ4n) is 10.6. The zero-order chi connectivity index (χ0) is 53.5. The zero-order valence-electron chi connectivity index (χ0n) is 46.9. The molecule has 0 unspecified atom stereocenters. The van der Waals surface area contributed by atoms with Crippen molar-refractivity contribution >= 4 is 35.3 Å². The van der Waals surface area contributed by atoms with Crippen molar-refractivity contribution in [3.8, 4) is 0 Å². The smallest absolute Gasteiger partial charge is 0.307 e. The highest BCUT2D eigenvalue weighted by Crippen LogP contribution is 2.55. The number of carbonyl (C=O) groups is 6. The summed E-state index contributed by atoms with van der Waals surface area (Å²) in [5, 5.41) is 37.9. The number of Topliss-reactive ketones (excluding diaryl/α,β-unsaturated/α-hetero) is 3. The lowest BCUT2D eigenvalue weighted by Crippen LogP contribution is -2.91. The van der Waals surface area contributed by atoms with Crippen molar-refractivity contribution in [3.05, 3.63) is 0 Å². The van der Waals surface area contributed by atoms with Gasteiger partial charge < -0.3 is 29.5 Å². The van der Waals surface area contributed by atoms with Crippen LogP contribution in [0.4, 0.5) is 0 Å². The summed E-state index contributed by atoms with van der Waals surface area (Å²) in [5.41, 5.74) is -9.99. The summed E-state index contributed by atoms with van der Waals surface area (Å²) in [6, 6.07) is 0. The van der Waals surface area contributed by atoms with E-state index in [0.717, 1.165) is 154 Å². The van der Waals surface area contributed by atoms with E-state index in [4.69, 9.17) is 14.2 Å². The summed E-state index contributed by atoms with van der Waals surface area (Å²) < 4.78 is 19.4. The maximum absolute atomic E-state index is 16.1. The van der Waals surface area contributed by atoms with E-state index in [0.29, 0.717) is 57.8 Å². The van der Waals surface area contributed by atoms with Crippen LogP contribution < -0.4 is 0 Å². The molecule has 0 bridgehead atoms. The SMILES string of the molecule is CCCCCCCCC(=O)O[C@@]1(C(=O)CCCCCCCC)[C@@](OC(=O)CCCCCCCC)(C(=O)CCCCCCCC)[C@@H](O)[C@H](O)[C@@H](O)[C@@]1(OC(=O)CCCCCCCC)C(=O)CCCCCCCC. The first kappa shape index (κ1) is 67.3. The number of esters is 3. The van der Waals surface area contributed by atoms with E-state index < -0.39 is 89.6 Å². The maximum Gasteiger partial charge on any atom is 0.307 e. The lowest BCUT2D eigenvalue weighted by Gasteiger charge is -2.61. The molecule has 6 atom stereocenters. The molecule has 0 amide bonds. The van der Waals surface area contributed by atoms with Gasteiger partial charge in [-0.25, -0.2) is 0 Å². The summed E-state index contributed by atoms with van der Waals surface area (Å²) in [7, 11) is 0. The number of carbonyl (C=O) groups excluding carboxylic acids is 6. The summed E-state index contributed by atoms with van der Waals surface area (Å²) >= 11 is 0. The molecule has 1 aliphatic carbocycles. The van der Waals surface area contributed by atoms with Gasteiger partial charge in [-0.3, -0.25) is 28.8 Å². The molecule has 0 aromatic heterocycles. The van der Waals surface area contributed by atoms with Crippen LogP contribution in [0.5, 0.6) is 0 Å².